The number of rotatable bonds is 5. The summed E-state index contributed by atoms with van der Waals surface area (Å²) in [5.41, 5.74) is 6.74. The van der Waals surface area contributed by atoms with E-state index in [1.54, 1.807) is 19.1 Å². The number of fused-ring (bicyclic) bond motifs is 4. The van der Waals surface area contributed by atoms with Gasteiger partial charge in [0.25, 0.3) is 0 Å². The number of aromatic nitrogens is 2. The fourth-order valence-electron chi connectivity index (χ4n) is 5.58. The van der Waals surface area contributed by atoms with Gasteiger partial charge in [-0.2, -0.15) is 5.10 Å². The molecule has 2 aliphatic rings. The Labute approximate surface area is 253 Å². The summed E-state index contributed by atoms with van der Waals surface area (Å²) in [7, 11) is 0. The average molecular weight is 587 g/mol. The number of hydrogen-bond acceptors (Lipinski definition) is 7. The van der Waals surface area contributed by atoms with Gasteiger partial charge in [-0.15, -0.1) is 0 Å². The summed E-state index contributed by atoms with van der Waals surface area (Å²) in [5.74, 6) is 1.58. The highest BCUT2D eigenvalue weighted by Crippen LogP contribution is 2.48. The summed E-state index contributed by atoms with van der Waals surface area (Å²) >= 11 is 6.56. The molecule has 1 aromatic heterocycles. The number of esters is 1. The maximum absolute atomic E-state index is 12.2. The predicted molar refractivity (Wildman–Crippen MR) is 171 cm³/mol. The maximum atomic E-state index is 12.2. The molecule has 0 unspecified atom stereocenters. The molecule has 0 radical (unpaired) electrons. The first-order chi connectivity index (χ1) is 21.0. The second-order valence-corrected chi connectivity index (χ2v) is 10.6. The van der Waals surface area contributed by atoms with E-state index in [4.69, 9.17) is 31.4 Å². The molecule has 0 saturated heterocycles. The molecular formula is C34H27ClN6O2. The van der Waals surface area contributed by atoms with E-state index in [9.17, 15) is 4.79 Å². The molecule has 0 spiro atoms. The maximum Gasteiger partial charge on any atom is 0.338 e. The van der Waals surface area contributed by atoms with Crippen molar-refractivity contribution < 1.29 is 9.53 Å². The van der Waals surface area contributed by atoms with Gasteiger partial charge in [0, 0.05) is 16.3 Å². The molecule has 0 fully saturated rings. The minimum absolute atomic E-state index is 0.279. The van der Waals surface area contributed by atoms with Crippen LogP contribution in [0.15, 0.2) is 113 Å². The third kappa shape index (κ3) is 4.75. The molecule has 9 heteroatoms. The first-order valence-electron chi connectivity index (χ1n) is 14.0. The van der Waals surface area contributed by atoms with Crippen LogP contribution < -0.4 is 10.2 Å². The topological polar surface area (TPSA) is 84.1 Å². The van der Waals surface area contributed by atoms with Crippen molar-refractivity contribution in [3.05, 3.63) is 131 Å². The number of nitrogens with zero attached hydrogens (tertiary/aromatic N) is 5. The zero-order valence-electron chi connectivity index (χ0n) is 23.5. The molecule has 212 valence electrons. The van der Waals surface area contributed by atoms with Crippen LogP contribution in [0.25, 0.3) is 5.69 Å². The quantitative estimate of drug-likeness (QED) is 0.212. The van der Waals surface area contributed by atoms with E-state index in [0.717, 1.165) is 45.4 Å². The van der Waals surface area contributed by atoms with Crippen molar-refractivity contribution in [2.24, 2.45) is 9.98 Å². The molecule has 0 bridgehead atoms. The highest BCUT2D eigenvalue weighted by atomic mass is 35.5. The van der Waals surface area contributed by atoms with E-state index in [1.807, 2.05) is 90.5 Å². The first kappa shape index (κ1) is 26.7. The van der Waals surface area contributed by atoms with Gasteiger partial charge in [0.05, 0.1) is 41.0 Å². The zero-order chi connectivity index (χ0) is 29.5. The van der Waals surface area contributed by atoms with Gasteiger partial charge in [0.15, 0.2) is 17.5 Å². The highest BCUT2D eigenvalue weighted by molar-refractivity contribution is 6.51. The van der Waals surface area contributed by atoms with E-state index in [-0.39, 0.29) is 12.0 Å². The summed E-state index contributed by atoms with van der Waals surface area (Å²) in [4.78, 5) is 24.7. The first-order valence-corrected chi connectivity index (χ1v) is 14.4. The lowest BCUT2D eigenvalue weighted by Gasteiger charge is -2.40. The second-order valence-electron chi connectivity index (χ2n) is 10.2. The molecule has 0 amide bonds. The number of halogens is 1. The minimum atomic E-state index is -0.359. The lowest BCUT2D eigenvalue weighted by atomic mass is 9.93. The van der Waals surface area contributed by atoms with Crippen molar-refractivity contribution in [1.29, 1.82) is 0 Å². The monoisotopic (exact) mass is 586 g/mol. The molecule has 7 rings (SSSR count). The number of hydrogen-bond donors (Lipinski definition) is 1. The molecule has 4 aromatic carbocycles. The van der Waals surface area contributed by atoms with Crippen LogP contribution in [0.1, 0.15) is 40.1 Å². The largest absolute Gasteiger partial charge is 0.462 e. The van der Waals surface area contributed by atoms with Gasteiger partial charge < -0.3 is 15.0 Å². The standard InChI is InChI=1S/C34H27ClN6O2/c1-3-43-34(42)22-16-18-25(19-17-22)36-31-33-38-32-29(21(2)39-41(32)26-12-5-4-6-13-26)30(23-10-9-11-24(35)20-23)40(33)28-15-8-7-14-27(28)37-31/h4-20,30H,3H2,1-2H3,(H,36,37)/t30-/m1/s1. The third-order valence-corrected chi connectivity index (χ3v) is 7.70. The average Bonchev–Trinajstić information content (AvgIpc) is 3.36. The number of carbonyl (C=O) groups is 1. The lowest BCUT2D eigenvalue weighted by molar-refractivity contribution is 0.0526. The van der Waals surface area contributed by atoms with Gasteiger partial charge in [-0.1, -0.05) is 54.1 Å². The Morgan fingerprint density at radius 3 is 2.47 bits per heavy atom. The molecule has 43 heavy (non-hydrogen) atoms. The number of nitrogens with one attached hydrogen (secondary N) is 1. The Morgan fingerprint density at radius 1 is 0.930 bits per heavy atom. The molecule has 8 nitrogen and oxygen atoms in total. The van der Waals surface area contributed by atoms with Gasteiger partial charge in [0.2, 0.25) is 0 Å². The van der Waals surface area contributed by atoms with Crippen molar-refractivity contribution >= 4 is 52.1 Å². The van der Waals surface area contributed by atoms with Gasteiger partial charge in [0.1, 0.15) is 0 Å². The summed E-state index contributed by atoms with van der Waals surface area (Å²) in [6.45, 7) is 4.13. The highest BCUT2D eigenvalue weighted by Gasteiger charge is 2.41. The number of carbonyl (C=O) groups excluding carboxylic acids is 1. The van der Waals surface area contributed by atoms with Crippen molar-refractivity contribution in [3.8, 4) is 5.69 Å². The van der Waals surface area contributed by atoms with Gasteiger partial charge in [-0.3, -0.25) is 0 Å². The summed E-state index contributed by atoms with van der Waals surface area (Å²) in [6.07, 6.45) is 0. The van der Waals surface area contributed by atoms with Crippen LogP contribution in [0.5, 0.6) is 0 Å². The molecule has 1 atom stereocenters. The SMILES string of the molecule is CCOC(=O)c1ccc(NC2=Nc3ccccc3N3C2=Nc2c(c(C)nn2-c2ccccc2)[C@H]3c2cccc(Cl)c2)cc1. The summed E-state index contributed by atoms with van der Waals surface area (Å²) < 4.78 is 7.03. The number of aryl methyl sites for hydroxylation is 1. The van der Waals surface area contributed by atoms with Crippen molar-refractivity contribution in [3.63, 3.8) is 0 Å². The van der Waals surface area contributed by atoms with Gasteiger partial charge in [-0.05, 0) is 80.1 Å². The third-order valence-electron chi connectivity index (χ3n) is 7.46. The second kappa shape index (κ2) is 10.9. The Balaban J connectivity index is 1.42. The molecule has 0 aliphatic carbocycles. The summed E-state index contributed by atoms with van der Waals surface area (Å²) in [6, 6.07) is 32.8. The van der Waals surface area contributed by atoms with E-state index < -0.39 is 0 Å². The van der Waals surface area contributed by atoms with Gasteiger partial charge in [-0.25, -0.2) is 19.5 Å². The normalized spacial score (nSPS) is 15.0. The Kier molecular flexibility index (Phi) is 6.75. The molecule has 2 aliphatic heterocycles. The number of amidine groups is 2. The lowest BCUT2D eigenvalue weighted by Crippen LogP contribution is -2.46. The van der Waals surface area contributed by atoms with Crippen LogP contribution in [0.3, 0.4) is 0 Å². The number of benzene rings is 4. The molecule has 3 heterocycles. The Hall–Kier alpha value is -5.21. The molecule has 5 aromatic rings. The molecule has 1 N–H and O–H groups in total. The number of para-hydroxylation sites is 3. The minimum Gasteiger partial charge on any atom is -0.462 e. The van der Waals surface area contributed by atoms with Crippen molar-refractivity contribution in [2.45, 2.75) is 19.9 Å². The van der Waals surface area contributed by atoms with Crippen LogP contribution in [0, 0.1) is 6.92 Å². The van der Waals surface area contributed by atoms with Crippen LogP contribution in [0.4, 0.5) is 22.9 Å². The number of ether oxygens (including phenoxy) is 1. The zero-order valence-corrected chi connectivity index (χ0v) is 24.3. The van der Waals surface area contributed by atoms with Gasteiger partial charge >= 0.3 is 5.97 Å². The number of aliphatic imine (C=N–C) groups is 2. The van der Waals surface area contributed by atoms with Crippen molar-refractivity contribution in [2.75, 3.05) is 16.8 Å². The number of anilines is 2. The van der Waals surface area contributed by atoms with Crippen LogP contribution in [-0.4, -0.2) is 34.0 Å². The van der Waals surface area contributed by atoms with Crippen LogP contribution in [0.2, 0.25) is 5.02 Å². The van der Waals surface area contributed by atoms with Crippen molar-refractivity contribution in [1.82, 2.24) is 9.78 Å². The fraction of sp³-hybridized carbons (Fsp3) is 0.118. The fourth-order valence-corrected chi connectivity index (χ4v) is 5.78. The smallest absolute Gasteiger partial charge is 0.338 e. The molecular weight excluding hydrogens is 560 g/mol. The molecule has 0 saturated carbocycles. The van der Waals surface area contributed by atoms with E-state index in [2.05, 4.69) is 22.3 Å². The van der Waals surface area contributed by atoms with Crippen LogP contribution in [-0.2, 0) is 4.74 Å². The van der Waals surface area contributed by atoms with E-state index >= 15 is 0 Å². The Morgan fingerprint density at radius 2 is 1.70 bits per heavy atom. The predicted octanol–water partition coefficient (Wildman–Crippen LogP) is 7.81. The van der Waals surface area contributed by atoms with E-state index in [0.29, 0.717) is 28.9 Å². The van der Waals surface area contributed by atoms with Crippen LogP contribution >= 0.6 is 11.6 Å². The van der Waals surface area contributed by atoms with E-state index in [1.165, 1.54) is 0 Å². The Bertz CT molecular complexity index is 1910. The summed E-state index contributed by atoms with van der Waals surface area (Å²) in [5, 5.41) is 9.09.